The van der Waals surface area contributed by atoms with Gasteiger partial charge in [-0.05, 0) is 68.5 Å². The van der Waals surface area contributed by atoms with Gasteiger partial charge in [0.1, 0.15) is 11.9 Å². The van der Waals surface area contributed by atoms with Crippen LogP contribution >= 0.6 is 0 Å². The first-order valence-electron chi connectivity index (χ1n) is 13.8. The van der Waals surface area contributed by atoms with Gasteiger partial charge in [-0.15, -0.1) is 0 Å². The number of amides is 2. The highest BCUT2D eigenvalue weighted by Crippen LogP contribution is 2.31. The summed E-state index contributed by atoms with van der Waals surface area (Å²) in [5.74, 6) is 0.672. The third-order valence-electron chi connectivity index (χ3n) is 7.81. The molecule has 6 heteroatoms. The number of fused-ring (bicyclic) bond motifs is 3. The van der Waals surface area contributed by atoms with Gasteiger partial charge in [0.05, 0.1) is 17.1 Å². The molecule has 6 nitrogen and oxygen atoms in total. The highest BCUT2D eigenvalue weighted by Gasteiger charge is 2.35. The fourth-order valence-corrected chi connectivity index (χ4v) is 5.74. The van der Waals surface area contributed by atoms with Crippen LogP contribution in [0.25, 0.3) is 10.9 Å². The molecule has 2 amide bonds. The van der Waals surface area contributed by atoms with E-state index < -0.39 is 0 Å². The van der Waals surface area contributed by atoms with Gasteiger partial charge in [-0.2, -0.15) is 0 Å². The topological polar surface area (TPSA) is 62.7 Å². The average Bonchev–Trinajstić information content (AvgIpc) is 2.94. The molecule has 2 heterocycles. The Balaban J connectivity index is 1.48. The molecule has 37 heavy (non-hydrogen) atoms. The first-order valence-corrected chi connectivity index (χ1v) is 13.8. The van der Waals surface area contributed by atoms with Crippen LogP contribution in [-0.4, -0.2) is 58.9 Å². The van der Waals surface area contributed by atoms with Gasteiger partial charge < -0.3 is 14.5 Å². The lowest BCUT2D eigenvalue weighted by atomic mass is 9.90. The van der Waals surface area contributed by atoms with E-state index in [0.717, 1.165) is 81.8 Å². The molecular formula is C31H37N3O3. The lowest BCUT2D eigenvalue weighted by Gasteiger charge is -2.40. The summed E-state index contributed by atoms with van der Waals surface area (Å²) >= 11 is 0. The molecular weight excluding hydrogens is 462 g/mol. The lowest BCUT2D eigenvalue weighted by molar-refractivity contribution is 0.0270. The van der Waals surface area contributed by atoms with Crippen molar-refractivity contribution in [3.63, 3.8) is 0 Å². The van der Waals surface area contributed by atoms with Crippen LogP contribution < -0.4 is 4.74 Å². The number of hydrogen-bond acceptors (Lipinski definition) is 4. The van der Waals surface area contributed by atoms with Crippen molar-refractivity contribution >= 4 is 22.7 Å². The zero-order valence-corrected chi connectivity index (χ0v) is 21.8. The number of nitrogens with zero attached hydrogens (tertiary/aromatic N) is 3. The molecule has 1 saturated carbocycles. The van der Waals surface area contributed by atoms with Crippen molar-refractivity contribution < 1.29 is 14.3 Å². The second kappa shape index (κ2) is 11.8. The summed E-state index contributed by atoms with van der Waals surface area (Å²) in [5, 5.41) is 0.972. The standard InChI is InChI=1S/C31H37N3O3/c1-33-20-9-3-2-4-10-21-34(30(35)24-17-18-26-23(22-24)12-11-19-32-26)27-14-6-8-16-29(27)37-28-15-7-5-13-25(28)31(33)36/h5,7,11-13,15,17-19,22,27,29H,2-4,6,8-10,14,16,20-21H2,1H3/t27-,29+/m1/s1. The maximum atomic E-state index is 14.0. The first-order chi connectivity index (χ1) is 18.1. The van der Waals surface area contributed by atoms with Gasteiger partial charge in [-0.3, -0.25) is 14.6 Å². The summed E-state index contributed by atoms with van der Waals surface area (Å²) in [5.41, 5.74) is 2.19. The zero-order valence-electron chi connectivity index (χ0n) is 21.8. The van der Waals surface area contributed by atoms with Crippen LogP contribution in [0.4, 0.5) is 0 Å². The smallest absolute Gasteiger partial charge is 0.257 e. The summed E-state index contributed by atoms with van der Waals surface area (Å²) in [6, 6.07) is 17.2. The predicted molar refractivity (Wildman–Crippen MR) is 146 cm³/mol. The Morgan fingerprint density at radius 3 is 2.57 bits per heavy atom. The molecule has 194 valence electrons. The van der Waals surface area contributed by atoms with E-state index in [9.17, 15) is 9.59 Å². The minimum absolute atomic E-state index is 0.00413. The Morgan fingerprint density at radius 2 is 1.68 bits per heavy atom. The van der Waals surface area contributed by atoms with E-state index in [4.69, 9.17) is 4.74 Å². The van der Waals surface area contributed by atoms with Gasteiger partial charge in [0.15, 0.2) is 0 Å². The van der Waals surface area contributed by atoms with Crippen LogP contribution in [0.3, 0.4) is 0 Å². The van der Waals surface area contributed by atoms with Crippen molar-refractivity contribution in [1.82, 2.24) is 14.8 Å². The van der Waals surface area contributed by atoms with E-state index in [0.29, 0.717) is 16.9 Å². The van der Waals surface area contributed by atoms with Gasteiger partial charge in [0.25, 0.3) is 11.8 Å². The van der Waals surface area contributed by atoms with E-state index in [1.807, 2.05) is 66.5 Å². The summed E-state index contributed by atoms with van der Waals surface area (Å²) in [4.78, 5) is 35.6. The number of carbonyl (C=O) groups is 2. The largest absolute Gasteiger partial charge is 0.487 e. The highest BCUT2D eigenvalue weighted by molar-refractivity contribution is 5.98. The third-order valence-corrected chi connectivity index (χ3v) is 7.81. The number of pyridine rings is 1. The Bertz CT molecular complexity index is 1240. The Hall–Kier alpha value is -3.41. The number of para-hydroxylation sites is 1. The molecule has 0 N–H and O–H groups in total. The highest BCUT2D eigenvalue weighted by atomic mass is 16.5. The SMILES string of the molecule is CN1CCCCCCCN(C(=O)c2ccc3ncccc3c2)[C@@H]2CCCC[C@@H]2Oc2ccccc2C1=O. The van der Waals surface area contributed by atoms with E-state index in [-0.39, 0.29) is 24.0 Å². The van der Waals surface area contributed by atoms with E-state index in [1.54, 1.807) is 6.20 Å². The normalized spacial score (nSPS) is 21.8. The number of ether oxygens (including phenoxy) is 1. The molecule has 1 fully saturated rings. The quantitative estimate of drug-likeness (QED) is 0.406. The minimum Gasteiger partial charge on any atom is -0.487 e. The molecule has 1 aliphatic carbocycles. The first kappa shape index (κ1) is 25.2. The molecule has 3 aromatic rings. The van der Waals surface area contributed by atoms with Crippen LogP contribution in [0.1, 0.15) is 78.5 Å². The second-order valence-corrected chi connectivity index (χ2v) is 10.4. The molecule has 2 aromatic carbocycles. The summed E-state index contributed by atoms with van der Waals surface area (Å²) in [6.07, 6.45) is 10.7. The lowest BCUT2D eigenvalue weighted by Crippen LogP contribution is -2.51. The number of hydrogen-bond donors (Lipinski definition) is 0. The van der Waals surface area contributed by atoms with Gasteiger partial charge in [0.2, 0.25) is 0 Å². The van der Waals surface area contributed by atoms with Gasteiger partial charge in [0, 0.05) is 37.3 Å². The maximum absolute atomic E-state index is 14.0. The molecule has 1 aromatic heterocycles. The van der Waals surface area contributed by atoms with Gasteiger partial charge >= 0.3 is 0 Å². The number of rotatable bonds is 1. The molecule has 0 unspecified atom stereocenters. The fraction of sp³-hybridized carbons (Fsp3) is 0.452. The molecule has 5 rings (SSSR count). The fourth-order valence-electron chi connectivity index (χ4n) is 5.74. The van der Waals surface area contributed by atoms with Crippen molar-refractivity contribution in [3.05, 3.63) is 71.9 Å². The molecule has 0 bridgehead atoms. The Morgan fingerprint density at radius 1 is 0.892 bits per heavy atom. The van der Waals surface area contributed by atoms with Gasteiger partial charge in [-0.25, -0.2) is 0 Å². The molecule has 2 aliphatic rings. The van der Waals surface area contributed by atoms with Crippen molar-refractivity contribution in [3.8, 4) is 5.75 Å². The Kier molecular flexibility index (Phi) is 8.02. The van der Waals surface area contributed by atoms with Crippen LogP contribution in [0.2, 0.25) is 0 Å². The number of carbonyl (C=O) groups excluding carboxylic acids is 2. The molecule has 1 aliphatic heterocycles. The third kappa shape index (κ3) is 5.79. The minimum atomic E-state index is -0.149. The van der Waals surface area contributed by atoms with E-state index in [1.165, 1.54) is 0 Å². The number of aromatic nitrogens is 1. The van der Waals surface area contributed by atoms with Crippen LogP contribution in [0, 0.1) is 0 Å². The van der Waals surface area contributed by atoms with Crippen molar-refractivity contribution in [2.24, 2.45) is 0 Å². The van der Waals surface area contributed by atoms with Crippen molar-refractivity contribution in [2.45, 2.75) is 69.9 Å². The predicted octanol–water partition coefficient (Wildman–Crippen LogP) is 6.10. The van der Waals surface area contributed by atoms with Crippen LogP contribution in [0.15, 0.2) is 60.8 Å². The summed E-state index contributed by atoms with van der Waals surface area (Å²) in [6.45, 7) is 1.45. The molecule has 0 radical (unpaired) electrons. The monoisotopic (exact) mass is 499 g/mol. The second-order valence-electron chi connectivity index (χ2n) is 10.4. The van der Waals surface area contributed by atoms with E-state index in [2.05, 4.69) is 9.88 Å². The summed E-state index contributed by atoms with van der Waals surface area (Å²) < 4.78 is 6.63. The maximum Gasteiger partial charge on any atom is 0.257 e. The zero-order chi connectivity index (χ0) is 25.6. The summed E-state index contributed by atoms with van der Waals surface area (Å²) in [7, 11) is 1.88. The van der Waals surface area contributed by atoms with Crippen LogP contribution in [-0.2, 0) is 0 Å². The molecule has 0 saturated heterocycles. The van der Waals surface area contributed by atoms with Crippen LogP contribution in [0.5, 0.6) is 5.75 Å². The molecule has 0 spiro atoms. The van der Waals surface area contributed by atoms with Gasteiger partial charge in [-0.1, -0.05) is 43.9 Å². The molecule has 2 atom stereocenters. The average molecular weight is 500 g/mol. The van der Waals surface area contributed by atoms with Crippen molar-refractivity contribution in [2.75, 3.05) is 20.1 Å². The number of benzene rings is 2. The Labute approximate surface area is 219 Å². The van der Waals surface area contributed by atoms with Crippen molar-refractivity contribution in [1.29, 1.82) is 0 Å². The van der Waals surface area contributed by atoms with E-state index >= 15 is 0 Å².